The van der Waals surface area contributed by atoms with Crippen molar-refractivity contribution in [1.82, 2.24) is 0 Å². The third-order valence-corrected chi connectivity index (χ3v) is 8.48. The first-order chi connectivity index (χ1) is 11.4. The van der Waals surface area contributed by atoms with Gasteiger partial charge >= 0.3 is 11.9 Å². The molecule has 24 heavy (non-hydrogen) atoms. The van der Waals surface area contributed by atoms with Crippen molar-refractivity contribution in [3.05, 3.63) is 12.2 Å². The van der Waals surface area contributed by atoms with Crippen LogP contribution in [0.2, 0.25) is 0 Å². The number of esters is 2. The fourth-order valence-electron chi connectivity index (χ4n) is 7.81. The smallest absolute Gasteiger partial charge is 0.312 e. The number of methoxy groups -OCH3 is 1. The first-order valence-electron chi connectivity index (χ1n) is 9.38. The van der Waals surface area contributed by atoms with Crippen LogP contribution < -0.4 is 0 Å². The third kappa shape index (κ3) is 1.36. The van der Waals surface area contributed by atoms with Gasteiger partial charge in [-0.25, -0.2) is 0 Å². The van der Waals surface area contributed by atoms with Gasteiger partial charge in [0.2, 0.25) is 0 Å². The maximum absolute atomic E-state index is 13.0. The van der Waals surface area contributed by atoms with E-state index in [2.05, 4.69) is 6.58 Å². The number of hydrogen-bond acceptors (Lipinski definition) is 4. The highest BCUT2D eigenvalue weighted by Crippen LogP contribution is 2.77. The molecule has 0 N–H and O–H groups in total. The fourth-order valence-corrected chi connectivity index (χ4v) is 7.81. The van der Waals surface area contributed by atoms with Gasteiger partial charge in [0.05, 0.1) is 18.4 Å². The van der Waals surface area contributed by atoms with Crippen LogP contribution in [0.4, 0.5) is 0 Å². The van der Waals surface area contributed by atoms with Gasteiger partial charge in [0.15, 0.2) is 0 Å². The summed E-state index contributed by atoms with van der Waals surface area (Å²) in [6.07, 6.45) is 6.88. The molecule has 4 heteroatoms. The van der Waals surface area contributed by atoms with E-state index in [0.29, 0.717) is 11.8 Å². The number of fused-ring (bicyclic) bond motifs is 1. The largest absolute Gasteiger partial charge is 0.469 e. The summed E-state index contributed by atoms with van der Waals surface area (Å²) in [6, 6.07) is 0. The third-order valence-electron chi connectivity index (χ3n) is 8.48. The van der Waals surface area contributed by atoms with Crippen molar-refractivity contribution in [1.29, 1.82) is 0 Å². The van der Waals surface area contributed by atoms with Crippen molar-refractivity contribution < 1.29 is 19.1 Å². The van der Waals surface area contributed by atoms with Crippen molar-refractivity contribution in [2.45, 2.75) is 57.5 Å². The molecule has 1 saturated heterocycles. The monoisotopic (exact) mass is 330 g/mol. The lowest BCUT2D eigenvalue weighted by atomic mass is 9.60. The molecule has 0 unspecified atom stereocenters. The number of carbonyl (C=O) groups is 2. The summed E-state index contributed by atoms with van der Waals surface area (Å²) in [5.74, 6) is 0.383. The molecule has 4 saturated carbocycles. The van der Waals surface area contributed by atoms with Gasteiger partial charge in [0, 0.05) is 11.8 Å². The van der Waals surface area contributed by atoms with Crippen molar-refractivity contribution >= 4 is 11.9 Å². The molecular weight excluding hydrogens is 304 g/mol. The lowest BCUT2D eigenvalue weighted by molar-refractivity contribution is -0.161. The molecule has 0 aromatic rings. The fraction of sp³-hybridized carbons (Fsp3) is 0.800. The molecule has 4 nitrogen and oxygen atoms in total. The summed E-state index contributed by atoms with van der Waals surface area (Å²) in [5.41, 5.74) is 0.249. The van der Waals surface area contributed by atoms with Crippen LogP contribution in [0.1, 0.15) is 51.9 Å². The quantitative estimate of drug-likeness (QED) is 0.547. The molecule has 0 amide bonds. The molecule has 1 aliphatic heterocycles. The highest BCUT2D eigenvalue weighted by molar-refractivity contribution is 5.85. The predicted octanol–water partition coefficient (Wildman–Crippen LogP) is 3.25. The van der Waals surface area contributed by atoms with Crippen molar-refractivity contribution in [3.63, 3.8) is 0 Å². The zero-order valence-electron chi connectivity index (χ0n) is 14.6. The topological polar surface area (TPSA) is 52.6 Å². The first kappa shape index (κ1) is 15.0. The second-order valence-corrected chi connectivity index (χ2v) is 9.19. The van der Waals surface area contributed by atoms with E-state index in [9.17, 15) is 9.59 Å². The van der Waals surface area contributed by atoms with Crippen molar-refractivity contribution in [2.75, 3.05) is 7.11 Å². The van der Waals surface area contributed by atoms with Gasteiger partial charge in [-0.05, 0) is 63.2 Å². The van der Waals surface area contributed by atoms with Gasteiger partial charge < -0.3 is 9.47 Å². The van der Waals surface area contributed by atoms with Crippen LogP contribution in [0.25, 0.3) is 0 Å². The lowest BCUT2D eigenvalue weighted by Crippen LogP contribution is -2.47. The molecule has 1 heterocycles. The Morgan fingerprint density at radius 3 is 2.88 bits per heavy atom. The Kier molecular flexibility index (Phi) is 2.66. The van der Waals surface area contributed by atoms with Gasteiger partial charge in [-0.15, -0.1) is 0 Å². The normalized spacial score (nSPS) is 54.2. The molecule has 1 spiro atoms. The Morgan fingerprint density at radius 1 is 1.33 bits per heavy atom. The summed E-state index contributed by atoms with van der Waals surface area (Å²) < 4.78 is 11.5. The van der Waals surface area contributed by atoms with Gasteiger partial charge in [0.1, 0.15) is 5.60 Å². The van der Waals surface area contributed by atoms with Crippen LogP contribution >= 0.6 is 0 Å². The van der Waals surface area contributed by atoms with Crippen LogP contribution in [0.5, 0.6) is 0 Å². The Morgan fingerprint density at radius 2 is 2.12 bits per heavy atom. The number of ether oxygens (including phenoxy) is 2. The second kappa shape index (κ2) is 4.25. The van der Waals surface area contributed by atoms with E-state index in [1.54, 1.807) is 0 Å². The maximum atomic E-state index is 13.0. The van der Waals surface area contributed by atoms with Crippen LogP contribution in [-0.2, 0) is 19.1 Å². The minimum Gasteiger partial charge on any atom is -0.469 e. The molecule has 0 radical (unpaired) electrons. The Hall–Kier alpha value is -1.32. The van der Waals surface area contributed by atoms with Crippen molar-refractivity contribution in [3.8, 4) is 0 Å². The highest BCUT2D eigenvalue weighted by Gasteiger charge is 2.81. The standard InChI is InChI=1S/C20H26O4/c1-11-9-19-10-12(11)5-6-13(19)20-8-4-7-18(2,17(22)24-20)15(20)14(19)16(21)23-3/h12-15H,1,4-10H2,2-3H3/t12-,13-,14-,15-,18-,19+,20-/m1/s1. The molecule has 5 aliphatic rings. The average molecular weight is 330 g/mol. The SMILES string of the molecule is C=C1C[C@]23C[C@H]1CC[C@H]2[C@@]12CCC[C@@](C)(C(=O)O1)[C@H]2[C@@H]3C(=O)OC. The van der Waals surface area contributed by atoms with E-state index in [1.807, 2.05) is 6.92 Å². The summed E-state index contributed by atoms with van der Waals surface area (Å²) in [4.78, 5) is 25.8. The number of carbonyl (C=O) groups excluding carboxylic acids is 2. The van der Waals surface area contributed by atoms with E-state index in [4.69, 9.17) is 9.47 Å². The van der Waals surface area contributed by atoms with Gasteiger partial charge in [-0.1, -0.05) is 12.2 Å². The zero-order chi connectivity index (χ0) is 16.9. The second-order valence-electron chi connectivity index (χ2n) is 9.19. The van der Waals surface area contributed by atoms with Crippen LogP contribution in [0.15, 0.2) is 12.2 Å². The van der Waals surface area contributed by atoms with E-state index in [-0.39, 0.29) is 29.2 Å². The summed E-state index contributed by atoms with van der Waals surface area (Å²) in [6.45, 7) is 6.36. The summed E-state index contributed by atoms with van der Waals surface area (Å²) >= 11 is 0. The highest BCUT2D eigenvalue weighted by atomic mass is 16.6. The molecule has 130 valence electrons. The molecule has 4 bridgehead atoms. The minimum atomic E-state index is -0.525. The number of allylic oxidation sites excluding steroid dienone is 1. The van der Waals surface area contributed by atoms with E-state index in [0.717, 1.165) is 44.9 Å². The average Bonchev–Trinajstić information content (AvgIpc) is 2.99. The zero-order valence-corrected chi connectivity index (χ0v) is 14.6. The molecular formula is C20H26O4. The van der Waals surface area contributed by atoms with E-state index >= 15 is 0 Å². The molecule has 5 fully saturated rings. The van der Waals surface area contributed by atoms with Gasteiger partial charge in [-0.2, -0.15) is 0 Å². The van der Waals surface area contributed by atoms with Gasteiger partial charge in [-0.3, -0.25) is 9.59 Å². The van der Waals surface area contributed by atoms with Crippen LogP contribution in [0, 0.1) is 34.5 Å². The minimum absolute atomic E-state index is 0.0200. The van der Waals surface area contributed by atoms with Gasteiger partial charge in [0.25, 0.3) is 0 Å². The van der Waals surface area contributed by atoms with Crippen molar-refractivity contribution in [2.24, 2.45) is 34.5 Å². The molecule has 4 aliphatic carbocycles. The Balaban J connectivity index is 1.74. The van der Waals surface area contributed by atoms with E-state index < -0.39 is 11.0 Å². The predicted molar refractivity (Wildman–Crippen MR) is 86.8 cm³/mol. The Labute approximate surface area is 143 Å². The number of hydrogen-bond donors (Lipinski definition) is 0. The molecule has 5 rings (SSSR count). The lowest BCUT2D eigenvalue weighted by Gasteiger charge is -2.43. The molecule has 0 aromatic heterocycles. The summed E-state index contributed by atoms with van der Waals surface area (Å²) in [7, 11) is 1.48. The van der Waals surface area contributed by atoms with Crippen LogP contribution in [-0.4, -0.2) is 24.6 Å². The van der Waals surface area contributed by atoms with Crippen LogP contribution in [0.3, 0.4) is 0 Å². The number of rotatable bonds is 1. The summed E-state index contributed by atoms with van der Waals surface area (Å²) in [5, 5.41) is 0. The Bertz CT molecular complexity index is 669. The van der Waals surface area contributed by atoms with E-state index in [1.165, 1.54) is 12.7 Å². The molecule has 0 aromatic carbocycles. The maximum Gasteiger partial charge on any atom is 0.312 e. The first-order valence-corrected chi connectivity index (χ1v) is 9.38. The molecule has 7 atom stereocenters.